The van der Waals surface area contributed by atoms with Gasteiger partial charge in [0.05, 0.1) is 0 Å². The SMILES string of the molecule is CC(C)NC1CCN(CC2CCCC2)C1. The van der Waals surface area contributed by atoms with Gasteiger partial charge in [0.2, 0.25) is 0 Å². The molecule has 1 aliphatic carbocycles. The summed E-state index contributed by atoms with van der Waals surface area (Å²) in [5, 5.41) is 3.65. The Morgan fingerprint density at radius 3 is 2.60 bits per heavy atom. The molecule has 2 heteroatoms. The van der Waals surface area contributed by atoms with Crippen molar-refractivity contribution in [3.05, 3.63) is 0 Å². The van der Waals surface area contributed by atoms with Crippen LogP contribution in [0.5, 0.6) is 0 Å². The fourth-order valence-corrected chi connectivity index (χ4v) is 3.16. The van der Waals surface area contributed by atoms with Gasteiger partial charge in [-0.25, -0.2) is 0 Å². The van der Waals surface area contributed by atoms with Crippen molar-refractivity contribution >= 4 is 0 Å². The van der Waals surface area contributed by atoms with Gasteiger partial charge in [0.15, 0.2) is 0 Å². The molecule has 1 saturated carbocycles. The van der Waals surface area contributed by atoms with Crippen molar-refractivity contribution in [3.8, 4) is 0 Å². The van der Waals surface area contributed by atoms with E-state index in [-0.39, 0.29) is 0 Å². The van der Waals surface area contributed by atoms with Gasteiger partial charge in [0.25, 0.3) is 0 Å². The third kappa shape index (κ3) is 3.46. The number of hydrogen-bond acceptors (Lipinski definition) is 2. The molecular formula is C13H26N2. The van der Waals surface area contributed by atoms with Crippen LogP contribution in [0, 0.1) is 5.92 Å². The summed E-state index contributed by atoms with van der Waals surface area (Å²) in [5.41, 5.74) is 0. The van der Waals surface area contributed by atoms with Crippen molar-refractivity contribution in [1.29, 1.82) is 0 Å². The van der Waals surface area contributed by atoms with E-state index in [9.17, 15) is 0 Å². The topological polar surface area (TPSA) is 15.3 Å². The zero-order valence-corrected chi connectivity index (χ0v) is 10.3. The predicted octanol–water partition coefficient (Wildman–Crippen LogP) is 2.25. The van der Waals surface area contributed by atoms with Gasteiger partial charge in [0.1, 0.15) is 0 Å². The van der Waals surface area contributed by atoms with E-state index in [0.717, 1.165) is 12.0 Å². The highest BCUT2D eigenvalue weighted by Crippen LogP contribution is 2.26. The summed E-state index contributed by atoms with van der Waals surface area (Å²) in [4.78, 5) is 2.68. The zero-order valence-electron chi connectivity index (χ0n) is 10.3. The van der Waals surface area contributed by atoms with Crippen molar-refractivity contribution in [2.45, 2.75) is 58.0 Å². The largest absolute Gasteiger partial charge is 0.310 e. The second-order valence-electron chi connectivity index (χ2n) is 5.72. The first kappa shape index (κ1) is 11.4. The Morgan fingerprint density at radius 2 is 1.93 bits per heavy atom. The molecule has 1 saturated heterocycles. The Kier molecular flexibility index (Phi) is 4.04. The predicted molar refractivity (Wildman–Crippen MR) is 65.1 cm³/mol. The maximum atomic E-state index is 3.65. The van der Waals surface area contributed by atoms with Gasteiger partial charge in [-0.15, -0.1) is 0 Å². The van der Waals surface area contributed by atoms with E-state index < -0.39 is 0 Å². The Bertz CT molecular complexity index is 185. The van der Waals surface area contributed by atoms with Crippen molar-refractivity contribution < 1.29 is 0 Å². The van der Waals surface area contributed by atoms with Crippen LogP contribution in [-0.2, 0) is 0 Å². The van der Waals surface area contributed by atoms with Gasteiger partial charge in [-0.05, 0) is 31.7 Å². The maximum absolute atomic E-state index is 3.65. The van der Waals surface area contributed by atoms with E-state index in [4.69, 9.17) is 0 Å². The highest BCUT2D eigenvalue weighted by atomic mass is 15.2. The van der Waals surface area contributed by atoms with Gasteiger partial charge in [-0.1, -0.05) is 26.7 Å². The van der Waals surface area contributed by atoms with Crippen molar-refractivity contribution in [2.75, 3.05) is 19.6 Å². The lowest BCUT2D eigenvalue weighted by Crippen LogP contribution is -2.37. The molecule has 1 heterocycles. The summed E-state index contributed by atoms with van der Waals surface area (Å²) in [6.07, 6.45) is 7.28. The van der Waals surface area contributed by atoms with E-state index in [2.05, 4.69) is 24.1 Å². The molecule has 2 nitrogen and oxygen atoms in total. The minimum absolute atomic E-state index is 0.640. The zero-order chi connectivity index (χ0) is 10.7. The average molecular weight is 210 g/mol. The lowest BCUT2D eigenvalue weighted by molar-refractivity contribution is 0.271. The van der Waals surface area contributed by atoms with E-state index in [1.54, 1.807) is 0 Å². The van der Waals surface area contributed by atoms with Gasteiger partial charge >= 0.3 is 0 Å². The van der Waals surface area contributed by atoms with Crippen LogP contribution in [0.1, 0.15) is 46.0 Å². The first-order valence-corrected chi connectivity index (χ1v) is 6.72. The molecule has 0 aromatic heterocycles. The van der Waals surface area contributed by atoms with Crippen molar-refractivity contribution in [2.24, 2.45) is 5.92 Å². The summed E-state index contributed by atoms with van der Waals surface area (Å²) >= 11 is 0. The molecule has 1 atom stereocenters. The molecule has 1 aliphatic heterocycles. The van der Waals surface area contributed by atoms with Crippen LogP contribution >= 0.6 is 0 Å². The number of hydrogen-bond donors (Lipinski definition) is 1. The molecule has 0 aromatic rings. The molecule has 2 fully saturated rings. The van der Waals surface area contributed by atoms with Gasteiger partial charge < -0.3 is 10.2 Å². The van der Waals surface area contributed by atoms with Gasteiger partial charge in [0, 0.05) is 25.2 Å². The molecule has 0 spiro atoms. The van der Waals surface area contributed by atoms with Crippen LogP contribution in [0.4, 0.5) is 0 Å². The Labute approximate surface area is 94.4 Å². The third-order valence-electron chi connectivity index (χ3n) is 3.83. The fourth-order valence-electron chi connectivity index (χ4n) is 3.16. The smallest absolute Gasteiger partial charge is 0.0209 e. The molecule has 1 N–H and O–H groups in total. The summed E-state index contributed by atoms with van der Waals surface area (Å²) < 4.78 is 0. The Balaban J connectivity index is 1.67. The molecule has 2 aliphatic rings. The van der Waals surface area contributed by atoms with Crippen molar-refractivity contribution in [3.63, 3.8) is 0 Å². The lowest BCUT2D eigenvalue weighted by atomic mass is 10.1. The van der Waals surface area contributed by atoms with Crippen LogP contribution in [-0.4, -0.2) is 36.6 Å². The lowest BCUT2D eigenvalue weighted by Gasteiger charge is -2.21. The van der Waals surface area contributed by atoms with Crippen LogP contribution in [0.25, 0.3) is 0 Å². The second-order valence-corrected chi connectivity index (χ2v) is 5.72. The quantitative estimate of drug-likeness (QED) is 0.765. The molecule has 0 amide bonds. The summed E-state index contributed by atoms with van der Waals surface area (Å²) in [6, 6.07) is 1.40. The molecule has 1 unspecified atom stereocenters. The molecule has 88 valence electrons. The monoisotopic (exact) mass is 210 g/mol. The minimum atomic E-state index is 0.640. The molecular weight excluding hydrogens is 184 g/mol. The van der Waals surface area contributed by atoms with Gasteiger partial charge in [-0.3, -0.25) is 0 Å². The summed E-state index contributed by atoms with van der Waals surface area (Å²) in [7, 11) is 0. The second kappa shape index (κ2) is 5.31. The Hall–Kier alpha value is -0.0800. The molecule has 0 radical (unpaired) electrons. The van der Waals surface area contributed by atoms with E-state index in [1.165, 1.54) is 51.7 Å². The van der Waals surface area contributed by atoms with Gasteiger partial charge in [-0.2, -0.15) is 0 Å². The normalized spacial score (nSPS) is 29.4. The number of rotatable bonds is 4. The third-order valence-corrected chi connectivity index (χ3v) is 3.83. The number of nitrogens with one attached hydrogen (secondary N) is 1. The summed E-state index contributed by atoms with van der Waals surface area (Å²) in [6.45, 7) is 8.48. The minimum Gasteiger partial charge on any atom is -0.310 e. The van der Waals surface area contributed by atoms with Crippen LogP contribution < -0.4 is 5.32 Å². The fraction of sp³-hybridized carbons (Fsp3) is 1.00. The van der Waals surface area contributed by atoms with E-state index in [1.807, 2.05) is 0 Å². The van der Waals surface area contributed by atoms with Crippen LogP contribution in [0.3, 0.4) is 0 Å². The molecule has 0 bridgehead atoms. The van der Waals surface area contributed by atoms with E-state index >= 15 is 0 Å². The first-order chi connectivity index (χ1) is 7.24. The number of likely N-dealkylation sites (tertiary alicyclic amines) is 1. The highest BCUT2D eigenvalue weighted by Gasteiger charge is 2.25. The van der Waals surface area contributed by atoms with E-state index in [0.29, 0.717) is 6.04 Å². The Morgan fingerprint density at radius 1 is 1.20 bits per heavy atom. The van der Waals surface area contributed by atoms with Crippen molar-refractivity contribution in [1.82, 2.24) is 10.2 Å². The summed E-state index contributed by atoms with van der Waals surface area (Å²) in [5.74, 6) is 1.02. The molecule has 0 aromatic carbocycles. The molecule has 2 rings (SSSR count). The molecule has 15 heavy (non-hydrogen) atoms. The maximum Gasteiger partial charge on any atom is 0.0209 e. The standard InChI is InChI=1S/C13H26N2/c1-11(2)14-13-7-8-15(10-13)9-12-5-3-4-6-12/h11-14H,3-10H2,1-2H3. The average Bonchev–Trinajstić information content (AvgIpc) is 2.77. The highest BCUT2D eigenvalue weighted by molar-refractivity contribution is 4.84. The first-order valence-electron chi connectivity index (χ1n) is 6.72. The van der Waals surface area contributed by atoms with Crippen LogP contribution in [0.15, 0.2) is 0 Å². The number of nitrogens with zero attached hydrogens (tertiary/aromatic N) is 1. The van der Waals surface area contributed by atoms with Crippen LogP contribution in [0.2, 0.25) is 0 Å².